The molecule has 2 aliphatic rings. The molecule has 0 radical (unpaired) electrons. The molecule has 1 aliphatic heterocycles. The second kappa shape index (κ2) is 4.27. The molecule has 1 atom stereocenters. The number of ether oxygens (including phenoxy) is 1. The molecule has 0 saturated heterocycles. The largest absolute Gasteiger partial charge is 0.460 e. The van der Waals surface area contributed by atoms with Crippen molar-refractivity contribution in [1.29, 1.82) is 0 Å². The summed E-state index contributed by atoms with van der Waals surface area (Å²) in [6, 6.07) is -0.341. The van der Waals surface area contributed by atoms with Crippen LogP contribution in [0.5, 0.6) is 0 Å². The molecule has 0 spiro atoms. The number of carbonyl (C=O) groups is 2. The van der Waals surface area contributed by atoms with Gasteiger partial charge in [0.2, 0.25) is 11.6 Å². The maximum atomic E-state index is 11.8. The van der Waals surface area contributed by atoms with Gasteiger partial charge in [-0.1, -0.05) is 18.2 Å². The minimum absolute atomic E-state index is 0.0163. The van der Waals surface area contributed by atoms with Crippen LogP contribution in [0.25, 0.3) is 0 Å². The molecule has 1 aromatic heterocycles. The Morgan fingerprint density at radius 3 is 3.05 bits per heavy atom. The van der Waals surface area contributed by atoms with Crippen molar-refractivity contribution in [2.45, 2.75) is 13.0 Å². The second-order valence-corrected chi connectivity index (χ2v) is 3.97. The molecule has 7 heteroatoms. The molecular weight excluding hydrogens is 248 g/mol. The summed E-state index contributed by atoms with van der Waals surface area (Å²) >= 11 is 0. The number of allylic oxidation sites excluding steroid dienone is 4. The van der Waals surface area contributed by atoms with Gasteiger partial charge in [0.15, 0.2) is 0 Å². The molecule has 0 saturated carbocycles. The fourth-order valence-corrected chi connectivity index (χ4v) is 2.05. The van der Waals surface area contributed by atoms with Crippen molar-refractivity contribution in [3.8, 4) is 0 Å². The number of carbonyl (C=O) groups excluding carboxylic acids is 2. The number of rotatable bonds is 2. The lowest BCUT2D eigenvalue weighted by Crippen LogP contribution is -2.30. The first kappa shape index (κ1) is 11.5. The summed E-state index contributed by atoms with van der Waals surface area (Å²) < 4.78 is 6.37. The number of hydrogen-bond acceptors (Lipinski definition) is 5. The zero-order valence-corrected chi connectivity index (χ0v) is 10.1. The van der Waals surface area contributed by atoms with Crippen molar-refractivity contribution in [1.82, 2.24) is 14.8 Å². The molecular formula is C12H10N4O3. The van der Waals surface area contributed by atoms with E-state index in [0.29, 0.717) is 5.71 Å². The SMILES string of the molecule is CCOC(=O)c1nnc2n1C1C=CC=CC1=NC2=O. The van der Waals surface area contributed by atoms with E-state index < -0.39 is 11.9 Å². The number of amides is 1. The highest BCUT2D eigenvalue weighted by Crippen LogP contribution is 2.24. The zero-order valence-electron chi connectivity index (χ0n) is 10.1. The molecule has 1 amide bonds. The Hall–Kier alpha value is -2.57. The van der Waals surface area contributed by atoms with Gasteiger partial charge in [-0.15, -0.1) is 10.2 Å². The predicted octanol–water partition coefficient (Wildman–Crippen LogP) is 0.717. The van der Waals surface area contributed by atoms with Crippen LogP contribution in [-0.4, -0.2) is 39.0 Å². The molecule has 0 bridgehead atoms. The van der Waals surface area contributed by atoms with Crippen LogP contribution in [0.2, 0.25) is 0 Å². The fourth-order valence-electron chi connectivity index (χ4n) is 2.05. The summed E-state index contributed by atoms with van der Waals surface area (Å²) in [5, 5.41) is 7.47. The molecule has 0 N–H and O–H groups in total. The minimum Gasteiger partial charge on any atom is -0.460 e. The zero-order chi connectivity index (χ0) is 13.4. The minimum atomic E-state index is -0.599. The highest BCUT2D eigenvalue weighted by Gasteiger charge is 2.33. The molecule has 1 aromatic rings. The first-order valence-electron chi connectivity index (χ1n) is 5.82. The van der Waals surface area contributed by atoms with Crippen molar-refractivity contribution in [3.05, 3.63) is 36.0 Å². The quantitative estimate of drug-likeness (QED) is 0.729. The number of aromatic nitrogens is 3. The Bertz CT molecular complexity index is 654. The number of nitrogens with zero attached hydrogens (tertiary/aromatic N) is 4. The van der Waals surface area contributed by atoms with E-state index >= 15 is 0 Å². The highest BCUT2D eigenvalue weighted by molar-refractivity contribution is 6.12. The van der Waals surface area contributed by atoms with Crippen LogP contribution in [-0.2, 0) is 4.74 Å². The predicted molar refractivity (Wildman–Crippen MR) is 65.1 cm³/mol. The standard InChI is InChI=1S/C12H10N4O3/c1-2-19-12(18)10-15-14-9-11(17)13-7-5-3-4-6-8(7)16(9)10/h3-6,8H,2H2,1H3. The molecule has 7 nitrogen and oxygen atoms in total. The topological polar surface area (TPSA) is 86.4 Å². The van der Waals surface area contributed by atoms with E-state index in [2.05, 4.69) is 15.2 Å². The normalized spacial score (nSPS) is 19.7. The second-order valence-electron chi connectivity index (χ2n) is 3.97. The van der Waals surface area contributed by atoms with E-state index in [0.717, 1.165) is 0 Å². The Balaban J connectivity index is 2.12. The molecule has 0 aromatic carbocycles. The lowest BCUT2D eigenvalue weighted by atomic mass is 10.0. The molecule has 3 rings (SSSR count). The molecule has 2 heterocycles. The van der Waals surface area contributed by atoms with Crippen molar-refractivity contribution in [2.75, 3.05) is 6.61 Å². The number of aliphatic imine (C=N–C) groups is 1. The first-order chi connectivity index (χ1) is 9.22. The van der Waals surface area contributed by atoms with E-state index in [4.69, 9.17) is 4.74 Å². The molecule has 1 aliphatic carbocycles. The Labute approximate surface area is 108 Å². The lowest BCUT2D eigenvalue weighted by Gasteiger charge is -2.22. The van der Waals surface area contributed by atoms with Gasteiger partial charge < -0.3 is 4.74 Å². The van der Waals surface area contributed by atoms with Gasteiger partial charge in [0.25, 0.3) is 0 Å². The van der Waals surface area contributed by atoms with Crippen LogP contribution in [0.1, 0.15) is 34.2 Å². The third kappa shape index (κ3) is 1.70. The van der Waals surface area contributed by atoms with Crippen molar-refractivity contribution < 1.29 is 14.3 Å². The average molecular weight is 258 g/mol. The Morgan fingerprint density at radius 2 is 2.26 bits per heavy atom. The molecule has 19 heavy (non-hydrogen) atoms. The average Bonchev–Trinajstić information content (AvgIpc) is 2.85. The van der Waals surface area contributed by atoms with Gasteiger partial charge in [-0.2, -0.15) is 0 Å². The number of hydrogen-bond donors (Lipinski definition) is 0. The highest BCUT2D eigenvalue weighted by atomic mass is 16.5. The summed E-state index contributed by atoms with van der Waals surface area (Å²) in [7, 11) is 0. The van der Waals surface area contributed by atoms with Gasteiger partial charge in [0.1, 0.15) is 0 Å². The monoisotopic (exact) mass is 258 g/mol. The number of esters is 1. The van der Waals surface area contributed by atoms with E-state index in [9.17, 15) is 9.59 Å². The van der Waals surface area contributed by atoms with E-state index in [-0.39, 0.29) is 24.3 Å². The van der Waals surface area contributed by atoms with Crippen molar-refractivity contribution in [3.63, 3.8) is 0 Å². The van der Waals surface area contributed by atoms with Gasteiger partial charge in [0, 0.05) is 0 Å². The van der Waals surface area contributed by atoms with Crippen LogP contribution in [0.3, 0.4) is 0 Å². The van der Waals surface area contributed by atoms with Crippen LogP contribution >= 0.6 is 0 Å². The molecule has 0 fully saturated rings. The van der Waals surface area contributed by atoms with Crippen LogP contribution in [0.4, 0.5) is 0 Å². The Morgan fingerprint density at radius 1 is 1.42 bits per heavy atom. The third-order valence-corrected chi connectivity index (χ3v) is 2.83. The molecule has 96 valence electrons. The third-order valence-electron chi connectivity index (χ3n) is 2.83. The van der Waals surface area contributed by atoms with Gasteiger partial charge in [-0.25, -0.2) is 9.79 Å². The van der Waals surface area contributed by atoms with E-state index in [1.54, 1.807) is 19.1 Å². The first-order valence-corrected chi connectivity index (χ1v) is 5.82. The van der Waals surface area contributed by atoms with E-state index in [1.807, 2.05) is 12.2 Å². The van der Waals surface area contributed by atoms with Gasteiger partial charge in [-0.3, -0.25) is 9.36 Å². The Kier molecular flexibility index (Phi) is 2.59. The smallest absolute Gasteiger partial charge is 0.376 e. The van der Waals surface area contributed by atoms with Crippen molar-refractivity contribution in [2.24, 2.45) is 4.99 Å². The van der Waals surface area contributed by atoms with Crippen molar-refractivity contribution >= 4 is 17.6 Å². The number of fused-ring (bicyclic) bond motifs is 3. The summed E-state index contributed by atoms with van der Waals surface area (Å²) in [5.41, 5.74) is 0.561. The summed E-state index contributed by atoms with van der Waals surface area (Å²) in [5.74, 6) is -1.04. The summed E-state index contributed by atoms with van der Waals surface area (Å²) in [6.45, 7) is 1.93. The van der Waals surface area contributed by atoms with Gasteiger partial charge >= 0.3 is 11.9 Å². The van der Waals surface area contributed by atoms with Crippen LogP contribution in [0, 0.1) is 0 Å². The van der Waals surface area contributed by atoms with Crippen LogP contribution in [0.15, 0.2) is 29.3 Å². The maximum absolute atomic E-state index is 11.8. The van der Waals surface area contributed by atoms with Gasteiger partial charge in [0.05, 0.1) is 18.4 Å². The fraction of sp³-hybridized carbons (Fsp3) is 0.250. The van der Waals surface area contributed by atoms with Gasteiger partial charge in [-0.05, 0) is 13.0 Å². The summed E-state index contributed by atoms with van der Waals surface area (Å²) in [4.78, 5) is 27.6. The summed E-state index contributed by atoms with van der Waals surface area (Å²) in [6.07, 6.45) is 7.14. The van der Waals surface area contributed by atoms with Crippen LogP contribution < -0.4 is 0 Å². The maximum Gasteiger partial charge on any atom is 0.376 e. The van der Waals surface area contributed by atoms with E-state index in [1.165, 1.54) is 4.57 Å². The lowest BCUT2D eigenvalue weighted by molar-refractivity contribution is 0.0505. The molecule has 1 unspecified atom stereocenters.